The number of unbranched alkanes of at least 4 members (excludes halogenated alkanes) is 1. The number of benzene rings is 1. The van der Waals surface area contributed by atoms with Crippen LogP contribution in [0.5, 0.6) is 5.75 Å². The van der Waals surface area contributed by atoms with Crippen LogP contribution in [0.4, 0.5) is 0 Å². The summed E-state index contributed by atoms with van der Waals surface area (Å²) in [5.74, 6) is -6.12. The number of carboxylic acid groups (broad SMARTS) is 2. The molecule has 0 aliphatic rings. The van der Waals surface area contributed by atoms with Gasteiger partial charge < -0.3 is 48.5 Å². The molecule has 0 spiro atoms. The molecule has 1 aromatic rings. The number of phenolic OH excluding ortho intramolecular Hbond substituents is 1. The topological polar surface area (TPSA) is 277 Å². The predicted octanol–water partition coefficient (Wildman–Crippen LogP) is -2.33. The Morgan fingerprint density at radius 1 is 0.795 bits per heavy atom. The molecule has 15 heteroatoms. The maximum absolute atomic E-state index is 13.1. The number of carbonyl (C=O) groups is 6. The van der Waals surface area contributed by atoms with E-state index in [0.29, 0.717) is 24.9 Å². The molecule has 4 unspecified atom stereocenters. The fraction of sp³-hybridized carbons (Fsp3) is 0.500. The summed E-state index contributed by atoms with van der Waals surface area (Å²) in [7, 11) is 0. The minimum atomic E-state index is -1.43. The molecular weight excluding hydrogens is 516 g/mol. The zero-order chi connectivity index (χ0) is 29.5. The number of hydrogen-bond donors (Lipinski definition) is 9. The SMILES string of the molecule is NCCCCC(NC(=O)C(N)CC(=O)O)C(=O)NC(CCC(N)=O)C(=O)NC(Cc1ccc(O)cc1)C(=O)O. The third-order valence-corrected chi connectivity index (χ3v) is 5.61. The molecule has 0 bridgehead atoms. The Hall–Kier alpha value is -4.24. The van der Waals surface area contributed by atoms with Crippen LogP contribution in [0.25, 0.3) is 0 Å². The van der Waals surface area contributed by atoms with Crippen molar-refractivity contribution in [3.8, 4) is 5.75 Å². The van der Waals surface area contributed by atoms with Crippen molar-refractivity contribution >= 4 is 35.6 Å². The van der Waals surface area contributed by atoms with Gasteiger partial charge in [0.1, 0.15) is 23.9 Å². The molecule has 0 aromatic heterocycles. The summed E-state index contributed by atoms with van der Waals surface area (Å²) >= 11 is 0. The summed E-state index contributed by atoms with van der Waals surface area (Å²) in [6.07, 6.45) is -0.417. The van der Waals surface area contributed by atoms with Gasteiger partial charge in [-0.1, -0.05) is 12.1 Å². The van der Waals surface area contributed by atoms with E-state index in [9.17, 15) is 39.0 Å². The second-order valence-electron chi connectivity index (χ2n) is 8.89. The number of aromatic hydroxyl groups is 1. The molecule has 0 radical (unpaired) electrons. The smallest absolute Gasteiger partial charge is 0.326 e. The van der Waals surface area contributed by atoms with Crippen LogP contribution < -0.4 is 33.2 Å². The van der Waals surface area contributed by atoms with Crippen LogP contribution in [-0.2, 0) is 35.2 Å². The van der Waals surface area contributed by atoms with Gasteiger partial charge in [-0.2, -0.15) is 0 Å². The second kappa shape index (κ2) is 16.6. The lowest BCUT2D eigenvalue weighted by Crippen LogP contribution is -2.57. The zero-order valence-corrected chi connectivity index (χ0v) is 21.3. The van der Waals surface area contributed by atoms with Gasteiger partial charge in [-0.05, 0) is 49.9 Å². The van der Waals surface area contributed by atoms with Gasteiger partial charge in [0.2, 0.25) is 23.6 Å². The lowest BCUT2D eigenvalue weighted by Gasteiger charge is -2.25. The first-order chi connectivity index (χ1) is 18.3. The van der Waals surface area contributed by atoms with Gasteiger partial charge in [0, 0.05) is 12.8 Å². The molecule has 12 N–H and O–H groups in total. The summed E-state index contributed by atoms with van der Waals surface area (Å²) in [5, 5.41) is 35.0. The molecule has 1 rings (SSSR count). The standard InChI is InChI=1S/C24H36N6O9/c25-10-2-1-3-16(28-21(35)15(26)12-20(33)34)22(36)29-17(8-9-19(27)32)23(37)30-18(24(38)39)11-13-4-6-14(31)7-5-13/h4-7,15-18,31H,1-3,8-12,25-26H2,(H2,27,32)(H,28,35)(H,29,36)(H,30,37)(H,33,34)(H,38,39). The van der Waals surface area contributed by atoms with E-state index in [-0.39, 0.29) is 31.4 Å². The van der Waals surface area contributed by atoms with Crippen molar-refractivity contribution in [2.75, 3.05) is 6.54 Å². The molecule has 1 aromatic carbocycles. The number of rotatable bonds is 18. The molecular formula is C24H36N6O9. The van der Waals surface area contributed by atoms with Crippen LogP contribution in [0, 0.1) is 0 Å². The molecule has 39 heavy (non-hydrogen) atoms. The molecule has 0 saturated heterocycles. The third kappa shape index (κ3) is 12.7. The lowest BCUT2D eigenvalue weighted by molar-refractivity contribution is -0.142. The molecule has 0 aliphatic carbocycles. The molecule has 4 atom stereocenters. The van der Waals surface area contributed by atoms with Crippen molar-refractivity contribution in [1.82, 2.24) is 16.0 Å². The Balaban J connectivity index is 3.06. The largest absolute Gasteiger partial charge is 0.508 e. The number of nitrogens with one attached hydrogen (secondary N) is 3. The first kappa shape index (κ1) is 32.8. The summed E-state index contributed by atoms with van der Waals surface area (Å²) in [5.41, 5.74) is 16.7. The Labute approximate surface area is 224 Å². The number of hydrogen-bond acceptors (Lipinski definition) is 9. The van der Waals surface area contributed by atoms with Crippen LogP contribution in [0.1, 0.15) is 44.1 Å². The van der Waals surface area contributed by atoms with Crippen molar-refractivity contribution in [1.29, 1.82) is 0 Å². The van der Waals surface area contributed by atoms with E-state index in [1.807, 2.05) is 0 Å². The third-order valence-electron chi connectivity index (χ3n) is 5.61. The number of primary amides is 1. The van der Waals surface area contributed by atoms with E-state index < -0.39 is 66.2 Å². The zero-order valence-electron chi connectivity index (χ0n) is 21.3. The average Bonchev–Trinajstić information content (AvgIpc) is 2.85. The normalized spacial score (nSPS) is 13.8. The Morgan fingerprint density at radius 3 is 1.85 bits per heavy atom. The minimum absolute atomic E-state index is 0.0269. The molecule has 0 fully saturated rings. The van der Waals surface area contributed by atoms with E-state index in [1.54, 1.807) is 0 Å². The molecule has 0 aliphatic heterocycles. The van der Waals surface area contributed by atoms with E-state index in [0.717, 1.165) is 0 Å². The van der Waals surface area contributed by atoms with Gasteiger partial charge in [0.15, 0.2) is 0 Å². The van der Waals surface area contributed by atoms with E-state index in [1.165, 1.54) is 24.3 Å². The highest BCUT2D eigenvalue weighted by molar-refractivity contribution is 5.95. The number of carboxylic acids is 2. The van der Waals surface area contributed by atoms with Crippen LogP contribution >= 0.6 is 0 Å². The monoisotopic (exact) mass is 552 g/mol. The van der Waals surface area contributed by atoms with E-state index in [4.69, 9.17) is 22.3 Å². The molecule has 0 heterocycles. The predicted molar refractivity (Wildman–Crippen MR) is 137 cm³/mol. The van der Waals surface area contributed by atoms with Crippen LogP contribution in [0.2, 0.25) is 0 Å². The van der Waals surface area contributed by atoms with Gasteiger partial charge in [-0.3, -0.25) is 24.0 Å². The fourth-order valence-electron chi connectivity index (χ4n) is 3.49. The van der Waals surface area contributed by atoms with Crippen molar-refractivity contribution in [3.05, 3.63) is 29.8 Å². The maximum Gasteiger partial charge on any atom is 0.326 e. The Bertz CT molecular complexity index is 1020. The van der Waals surface area contributed by atoms with Crippen LogP contribution in [0.15, 0.2) is 24.3 Å². The van der Waals surface area contributed by atoms with Gasteiger partial charge >= 0.3 is 11.9 Å². The average molecular weight is 553 g/mol. The molecule has 0 saturated carbocycles. The van der Waals surface area contributed by atoms with E-state index >= 15 is 0 Å². The molecule has 216 valence electrons. The second-order valence-corrected chi connectivity index (χ2v) is 8.89. The highest BCUT2D eigenvalue weighted by Gasteiger charge is 2.31. The van der Waals surface area contributed by atoms with Gasteiger partial charge in [-0.25, -0.2) is 4.79 Å². The fourth-order valence-corrected chi connectivity index (χ4v) is 3.49. The lowest BCUT2D eigenvalue weighted by atomic mass is 10.0. The van der Waals surface area contributed by atoms with E-state index in [2.05, 4.69) is 16.0 Å². The Morgan fingerprint density at radius 2 is 1.33 bits per heavy atom. The van der Waals surface area contributed by atoms with Crippen LogP contribution in [0.3, 0.4) is 0 Å². The number of phenols is 1. The summed E-state index contributed by atoms with van der Waals surface area (Å²) in [4.78, 5) is 72.5. The summed E-state index contributed by atoms with van der Waals surface area (Å²) in [6.45, 7) is 0.308. The van der Waals surface area contributed by atoms with Crippen LogP contribution in [-0.4, -0.2) is 81.6 Å². The molecule has 4 amide bonds. The highest BCUT2D eigenvalue weighted by atomic mass is 16.4. The van der Waals surface area contributed by atoms with Gasteiger partial charge in [-0.15, -0.1) is 0 Å². The number of carbonyl (C=O) groups excluding carboxylic acids is 4. The quantitative estimate of drug-likeness (QED) is 0.0871. The Kier molecular flexibility index (Phi) is 13.9. The number of amides is 4. The van der Waals surface area contributed by atoms with Crippen molar-refractivity contribution in [3.63, 3.8) is 0 Å². The summed E-state index contributed by atoms with van der Waals surface area (Å²) < 4.78 is 0. The highest BCUT2D eigenvalue weighted by Crippen LogP contribution is 2.12. The van der Waals surface area contributed by atoms with Crippen molar-refractivity contribution in [2.24, 2.45) is 17.2 Å². The number of nitrogens with two attached hydrogens (primary N) is 3. The van der Waals surface area contributed by atoms with Crippen molar-refractivity contribution < 1.29 is 44.1 Å². The maximum atomic E-state index is 13.1. The summed E-state index contributed by atoms with van der Waals surface area (Å²) in [6, 6.07) is 0.205. The van der Waals surface area contributed by atoms with Gasteiger partial charge in [0.25, 0.3) is 0 Å². The first-order valence-electron chi connectivity index (χ1n) is 12.2. The van der Waals surface area contributed by atoms with Gasteiger partial charge in [0.05, 0.1) is 12.5 Å². The first-order valence-corrected chi connectivity index (χ1v) is 12.2. The molecule has 15 nitrogen and oxygen atoms in total. The number of aliphatic carboxylic acids is 2. The van der Waals surface area contributed by atoms with Crippen molar-refractivity contribution in [2.45, 2.75) is 69.1 Å². The minimum Gasteiger partial charge on any atom is -0.508 e.